The standard InChI is InChI=1S/C25H33FN5O3P/c1-16-12-20(32)23-22(16)24(28-15-27-23)30-4-6-31(7-5-30)25(33)18(14-29-8-10-34-11-9-29)17-2-3-21(35)19(26)13-17/h2-3,13,15-16,18,20,32H,4-12,14,35H2,1H3/t16-,18-,20-/m1/s1. The van der Waals surface area contributed by atoms with Crippen LogP contribution in [0.25, 0.3) is 0 Å². The highest BCUT2D eigenvalue weighted by atomic mass is 31.0. The Bertz CT molecular complexity index is 1080. The van der Waals surface area contributed by atoms with Crippen molar-refractivity contribution in [3.63, 3.8) is 0 Å². The third kappa shape index (κ3) is 5.05. The third-order valence-electron chi connectivity index (χ3n) is 7.44. The van der Waals surface area contributed by atoms with Gasteiger partial charge in [-0.25, -0.2) is 14.4 Å². The van der Waals surface area contributed by atoms with Gasteiger partial charge in [-0.15, -0.1) is 9.24 Å². The van der Waals surface area contributed by atoms with Crippen molar-refractivity contribution in [2.45, 2.75) is 31.3 Å². The van der Waals surface area contributed by atoms with Crippen molar-refractivity contribution in [1.82, 2.24) is 19.8 Å². The number of aromatic nitrogens is 2. The number of carbonyl (C=O) groups is 1. The molecule has 0 bridgehead atoms. The zero-order chi connectivity index (χ0) is 24.5. The molecule has 1 aromatic heterocycles. The number of hydrogen-bond acceptors (Lipinski definition) is 7. The van der Waals surface area contributed by atoms with Crippen LogP contribution < -0.4 is 10.2 Å². The molecule has 1 aliphatic carbocycles. The molecule has 4 atom stereocenters. The van der Waals surface area contributed by atoms with Crippen molar-refractivity contribution < 1.29 is 19.0 Å². The predicted octanol–water partition coefficient (Wildman–Crippen LogP) is 1.42. The maximum absolute atomic E-state index is 14.4. The number of aliphatic hydroxyl groups excluding tert-OH is 1. The first-order valence-electron chi connectivity index (χ1n) is 12.3. The second-order valence-electron chi connectivity index (χ2n) is 9.71. The number of amides is 1. The normalized spacial score (nSPS) is 23.9. The smallest absolute Gasteiger partial charge is 0.231 e. The maximum Gasteiger partial charge on any atom is 0.231 e. The summed E-state index contributed by atoms with van der Waals surface area (Å²) in [5.41, 5.74) is 2.47. The van der Waals surface area contributed by atoms with Crippen LogP contribution in [-0.4, -0.2) is 89.8 Å². The summed E-state index contributed by atoms with van der Waals surface area (Å²) in [4.78, 5) is 28.9. The molecule has 0 radical (unpaired) electrons. The van der Waals surface area contributed by atoms with Crippen molar-refractivity contribution in [2.75, 3.05) is 63.9 Å². The van der Waals surface area contributed by atoms with E-state index >= 15 is 0 Å². The maximum atomic E-state index is 14.4. The van der Waals surface area contributed by atoms with Crippen molar-refractivity contribution in [3.05, 3.63) is 47.2 Å². The summed E-state index contributed by atoms with van der Waals surface area (Å²) in [5.74, 6) is 0.352. The summed E-state index contributed by atoms with van der Waals surface area (Å²) in [6.45, 7) is 7.92. The Kier molecular flexibility index (Phi) is 7.30. The lowest BCUT2D eigenvalue weighted by molar-refractivity contribution is -0.134. The Morgan fingerprint density at radius 1 is 1.20 bits per heavy atom. The van der Waals surface area contributed by atoms with E-state index in [9.17, 15) is 14.3 Å². The molecule has 3 aliphatic rings. The SMILES string of the molecule is C[C@@H]1C[C@@H](O)c2ncnc(N3CCN(C(=O)[C@H](CN4CCOCC4)c4ccc(P)c(F)c4)CC3)c21. The van der Waals surface area contributed by atoms with Gasteiger partial charge in [-0.1, -0.05) is 19.1 Å². The summed E-state index contributed by atoms with van der Waals surface area (Å²) in [5, 5.41) is 10.8. The fraction of sp³-hybridized carbons (Fsp3) is 0.560. The number of piperazine rings is 1. The molecule has 2 saturated heterocycles. The predicted molar refractivity (Wildman–Crippen MR) is 135 cm³/mol. The fourth-order valence-corrected chi connectivity index (χ4v) is 5.62. The lowest BCUT2D eigenvalue weighted by Gasteiger charge is -2.39. The number of morpholine rings is 1. The van der Waals surface area contributed by atoms with Gasteiger partial charge in [0.2, 0.25) is 5.91 Å². The Labute approximate surface area is 207 Å². The van der Waals surface area contributed by atoms with Crippen LogP contribution in [0.2, 0.25) is 0 Å². The van der Waals surface area contributed by atoms with Crippen LogP contribution in [0.3, 0.4) is 0 Å². The van der Waals surface area contributed by atoms with Gasteiger partial charge in [-0.05, 0) is 24.0 Å². The molecule has 8 nitrogen and oxygen atoms in total. The Morgan fingerprint density at radius 2 is 1.94 bits per heavy atom. The molecule has 1 aromatic carbocycles. The number of aliphatic hydroxyl groups is 1. The van der Waals surface area contributed by atoms with Gasteiger partial charge in [0.1, 0.15) is 18.0 Å². The molecular weight excluding hydrogens is 468 g/mol. The van der Waals surface area contributed by atoms with Gasteiger partial charge in [-0.2, -0.15) is 0 Å². The molecule has 10 heteroatoms. The minimum Gasteiger partial charge on any atom is -0.387 e. The zero-order valence-electron chi connectivity index (χ0n) is 20.1. The van der Waals surface area contributed by atoms with Crippen molar-refractivity contribution >= 4 is 26.3 Å². The highest BCUT2D eigenvalue weighted by molar-refractivity contribution is 7.27. The van der Waals surface area contributed by atoms with E-state index in [4.69, 9.17) is 4.74 Å². The Balaban J connectivity index is 1.32. The first-order valence-corrected chi connectivity index (χ1v) is 12.9. The Morgan fingerprint density at radius 3 is 2.66 bits per heavy atom. The number of nitrogens with zero attached hydrogens (tertiary/aromatic N) is 5. The summed E-state index contributed by atoms with van der Waals surface area (Å²) in [6, 6.07) is 5.08. The molecule has 2 aliphatic heterocycles. The number of anilines is 1. The molecule has 0 spiro atoms. The molecule has 3 heterocycles. The molecule has 0 saturated carbocycles. The number of carbonyl (C=O) groups excluding carboxylic acids is 1. The minimum atomic E-state index is -0.543. The molecule has 2 aromatic rings. The molecule has 1 unspecified atom stereocenters. The van der Waals surface area contributed by atoms with Gasteiger partial charge in [0, 0.05) is 56.7 Å². The van der Waals surface area contributed by atoms with Crippen molar-refractivity contribution in [3.8, 4) is 0 Å². The van der Waals surface area contributed by atoms with Gasteiger partial charge >= 0.3 is 0 Å². The van der Waals surface area contributed by atoms with Crippen LogP contribution in [0.4, 0.5) is 10.2 Å². The monoisotopic (exact) mass is 501 g/mol. The third-order valence-corrected chi connectivity index (χ3v) is 7.91. The second-order valence-corrected chi connectivity index (χ2v) is 10.3. The van der Waals surface area contributed by atoms with E-state index in [-0.39, 0.29) is 17.6 Å². The van der Waals surface area contributed by atoms with E-state index in [1.54, 1.807) is 6.07 Å². The number of fused-ring (bicyclic) bond motifs is 1. The molecule has 1 amide bonds. The van der Waals surface area contributed by atoms with Crippen LogP contribution in [0, 0.1) is 5.82 Å². The first kappa shape index (κ1) is 24.5. The quantitative estimate of drug-likeness (QED) is 0.621. The molecule has 1 N–H and O–H groups in total. The van der Waals surface area contributed by atoms with Gasteiger partial charge in [0.15, 0.2) is 0 Å². The van der Waals surface area contributed by atoms with Crippen LogP contribution >= 0.6 is 9.24 Å². The van der Waals surface area contributed by atoms with Gasteiger partial charge < -0.3 is 19.6 Å². The zero-order valence-corrected chi connectivity index (χ0v) is 21.2. The molecule has 5 rings (SSSR count). The lowest BCUT2D eigenvalue weighted by Crippen LogP contribution is -2.52. The van der Waals surface area contributed by atoms with E-state index in [1.807, 2.05) is 11.0 Å². The number of halogens is 1. The van der Waals surface area contributed by atoms with Gasteiger partial charge in [0.05, 0.1) is 30.9 Å². The number of rotatable bonds is 5. The number of ether oxygens (including phenoxy) is 1. The molecule has 2 fully saturated rings. The van der Waals surface area contributed by atoms with Crippen LogP contribution in [0.15, 0.2) is 24.5 Å². The topological polar surface area (TPSA) is 82.0 Å². The summed E-state index contributed by atoms with van der Waals surface area (Å²) < 4.78 is 19.9. The van der Waals surface area contributed by atoms with E-state index < -0.39 is 12.0 Å². The number of hydrogen-bond donors (Lipinski definition) is 1. The van der Waals surface area contributed by atoms with Gasteiger partial charge in [0.25, 0.3) is 0 Å². The molecular formula is C25H33FN5O3P. The summed E-state index contributed by atoms with van der Waals surface area (Å²) >= 11 is 0. The average Bonchev–Trinajstić information content (AvgIpc) is 3.18. The summed E-state index contributed by atoms with van der Waals surface area (Å²) in [7, 11) is 2.40. The average molecular weight is 502 g/mol. The largest absolute Gasteiger partial charge is 0.387 e. The molecule has 188 valence electrons. The number of benzene rings is 1. The highest BCUT2D eigenvalue weighted by Crippen LogP contribution is 2.42. The van der Waals surface area contributed by atoms with E-state index in [0.717, 1.165) is 30.2 Å². The van der Waals surface area contributed by atoms with Gasteiger partial charge in [-0.3, -0.25) is 9.69 Å². The van der Waals surface area contributed by atoms with E-state index in [0.29, 0.717) is 63.2 Å². The van der Waals surface area contributed by atoms with E-state index in [1.165, 1.54) is 12.4 Å². The summed E-state index contributed by atoms with van der Waals surface area (Å²) in [6.07, 6.45) is 1.64. The Hall–Kier alpha value is -2.19. The fourth-order valence-electron chi connectivity index (χ4n) is 5.44. The minimum absolute atomic E-state index is 0.0313. The highest BCUT2D eigenvalue weighted by Gasteiger charge is 2.35. The first-order chi connectivity index (χ1) is 16.9. The van der Waals surface area contributed by atoms with Crippen molar-refractivity contribution in [1.29, 1.82) is 0 Å². The molecule has 35 heavy (non-hydrogen) atoms. The second kappa shape index (κ2) is 10.4. The van der Waals surface area contributed by atoms with Crippen LogP contribution in [0.1, 0.15) is 48.1 Å². The van der Waals surface area contributed by atoms with Crippen LogP contribution in [0.5, 0.6) is 0 Å². The lowest BCUT2D eigenvalue weighted by atomic mass is 9.96. The van der Waals surface area contributed by atoms with E-state index in [2.05, 4.69) is 35.9 Å². The van der Waals surface area contributed by atoms with Crippen LogP contribution in [-0.2, 0) is 9.53 Å². The van der Waals surface area contributed by atoms with Crippen molar-refractivity contribution in [2.24, 2.45) is 0 Å².